The first kappa shape index (κ1) is 25.1. The predicted octanol–water partition coefficient (Wildman–Crippen LogP) is 6.19. The van der Waals surface area contributed by atoms with Crippen LogP contribution in [0.2, 0.25) is 0 Å². The van der Waals surface area contributed by atoms with Crippen molar-refractivity contribution in [3.05, 3.63) is 125 Å². The van der Waals surface area contributed by atoms with Crippen LogP contribution in [0.15, 0.2) is 103 Å². The Morgan fingerprint density at radius 3 is 1.97 bits per heavy atom. The Morgan fingerprint density at radius 1 is 0.789 bits per heavy atom. The molecule has 4 aromatic carbocycles. The molecule has 0 spiro atoms. The van der Waals surface area contributed by atoms with Gasteiger partial charge in [-0.05, 0) is 52.4 Å². The zero-order chi connectivity index (χ0) is 26.5. The summed E-state index contributed by atoms with van der Waals surface area (Å²) >= 11 is 0. The van der Waals surface area contributed by atoms with E-state index in [1.807, 2.05) is 66.7 Å². The van der Waals surface area contributed by atoms with Crippen molar-refractivity contribution in [2.75, 3.05) is 6.61 Å². The van der Waals surface area contributed by atoms with Crippen molar-refractivity contribution in [2.45, 2.75) is 31.4 Å². The molecule has 6 heteroatoms. The van der Waals surface area contributed by atoms with E-state index in [9.17, 15) is 14.7 Å². The summed E-state index contributed by atoms with van der Waals surface area (Å²) in [4.78, 5) is 25.0. The number of benzene rings is 4. The third kappa shape index (κ3) is 5.39. The molecule has 38 heavy (non-hydrogen) atoms. The van der Waals surface area contributed by atoms with E-state index in [0.717, 1.165) is 33.4 Å². The van der Waals surface area contributed by atoms with Gasteiger partial charge in [0.1, 0.15) is 24.5 Å². The zero-order valence-electron chi connectivity index (χ0n) is 21.1. The second-order valence-corrected chi connectivity index (χ2v) is 9.68. The van der Waals surface area contributed by atoms with Crippen molar-refractivity contribution >= 4 is 12.1 Å². The molecule has 1 atom stereocenters. The molecule has 0 unspecified atom stereocenters. The summed E-state index contributed by atoms with van der Waals surface area (Å²) in [6.45, 7) is 2.04. The van der Waals surface area contributed by atoms with Gasteiger partial charge in [0.15, 0.2) is 0 Å². The number of nitrogens with one attached hydrogen (secondary N) is 1. The number of carboxylic acids is 1. The number of alkyl carbamates (subject to hydrolysis) is 1. The van der Waals surface area contributed by atoms with Gasteiger partial charge in [-0.1, -0.05) is 91.0 Å². The summed E-state index contributed by atoms with van der Waals surface area (Å²) in [7, 11) is 0. The number of rotatable bonds is 9. The van der Waals surface area contributed by atoms with Gasteiger partial charge in [-0.2, -0.15) is 0 Å². The quantitative estimate of drug-likeness (QED) is 0.282. The Balaban J connectivity index is 1.21. The number of amides is 1. The van der Waals surface area contributed by atoms with E-state index in [2.05, 4.69) is 17.4 Å². The zero-order valence-corrected chi connectivity index (χ0v) is 21.1. The maximum atomic E-state index is 12.8. The third-order valence-corrected chi connectivity index (χ3v) is 6.92. The van der Waals surface area contributed by atoms with Crippen molar-refractivity contribution in [1.29, 1.82) is 0 Å². The highest BCUT2D eigenvalue weighted by Gasteiger charge is 2.36. The first-order valence-electron chi connectivity index (χ1n) is 12.6. The molecule has 5 rings (SSSR count). The molecule has 0 fully saturated rings. The van der Waals surface area contributed by atoms with Crippen molar-refractivity contribution in [1.82, 2.24) is 5.32 Å². The molecule has 192 valence electrons. The Kier molecular flexibility index (Phi) is 7.13. The van der Waals surface area contributed by atoms with Gasteiger partial charge in [-0.25, -0.2) is 9.59 Å². The van der Waals surface area contributed by atoms with Gasteiger partial charge in [-0.3, -0.25) is 0 Å². The van der Waals surface area contributed by atoms with Crippen molar-refractivity contribution in [3.63, 3.8) is 0 Å². The van der Waals surface area contributed by atoms with Gasteiger partial charge in [0.2, 0.25) is 0 Å². The first-order chi connectivity index (χ1) is 18.4. The van der Waals surface area contributed by atoms with E-state index in [1.54, 1.807) is 24.3 Å². The van der Waals surface area contributed by atoms with Crippen LogP contribution in [0.5, 0.6) is 5.75 Å². The summed E-state index contributed by atoms with van der Waals surface area (Å²) in [6, 6.07) is 33.2. The van der Waals surface area contributed by atoms with Crippen LogP contribution in [-0.4, -0.2) is 29.3 Å². The van der Waals surface area contributed by atoms with E-state index >= 15 is 0 Å². The first-order valence-corrected chi connectivity index (χ1v) is 12.6. The number of hydrogen-bond donors (Lipinski definition) is 2. The lowest BCUT2D eigenvalue weighted by Gasteiger charge is -2.26. The van der Waals surface area contributed by atoms with Crippen LogP contribution in [0.25, 0.3) is 11.1 Å². The monoisotopic (exact) mass is 507 g/mol. The number of carboxylic acid groups (broad SMARTS) is 1. The minimum absolute atomic E-state index is 0.0888. The number of aliphatic carboxylic acids is 1. The topological polar surface area (TPSA) is 84.9 Å². The molecule has 0 heterocycles. The molecule has 0 radical (unpaired) electrons. The minimum Gasteiger partial charge on any atom is -0.489 e. The van der Waals surface area contributed by atoms with Crippen LogP contribution >= 0.6 is 0 Å². The van der Waals surface area contributed by atoms with Gasteiger partial charge in [0.25, 0.3) is 0 Å². The molecule has 0 saturated heterocycles. The van der Waals surface area contributed by atoms with Crippen LogP contribution < -0.4 is 10.1 Å². The molecule has 0 saturated carbocycles. The van der Waals surface area contributed by atoms with Gasteiger partial charge >= 0.3 is 12.1 Å². The Morgan fingerprint density at radius 2 is 1.37 bits per heavy atom. The lowest BCUT2D eigenvalue weighted by Crippen LogP contribution is -2.54. The Bertz CT molecular complexity index is 1390. The highest BCUT2D eigenvalue weighted by molar-refractivity contribution is 5.84. The van der Waals surface area contributed by atoms with Crippen molar-refractivity contribution in [2.24, 2.45) is 0 Å². The summed E-state index contributed by atoms with van der Waals surface area (Å²) in [5.41, 5.74) is 4.71. The lowest BCUT2D eigenvalue weighted by molar-refractivity contribution is -0.143. The highest BCUT2D eigenvalue weighted by atomic mass is 16.5. The van der Waals surface area contributed by atoms with Gasteiger partial charge in [0, 0.05) is 12.3 Å². The molecule has 0 bridgehead atoms. The molecule has 1 aliphatic carbocycles. The molecular weight excluding hydrogens is 478 g/mol. The van der Waals surface area contributed by atoms with Crippen molar-refractivity contribution in [3.8, 4) is 16.9 Å². The SMILES string of the molecule is C[C@](Cc1ccc(OCc2ccccc2)cc1)(NC(=O)OCC1c2ccccc2-c2ccccc21)C(=O)O. The van der Waals surface area contributed by atoms with Crippen LogP contribution in [0.3, 0.4) is 0 Å². The minimum atomic E-state index is -1.55. The summed E-state index contributed by atoms with van der Waals surface area (Å²) in [5, 5.41) is 12.5. The standard InChI is InChI=1S/C32H29NO5/c1-32(30(34)35,19-22-15-17-24(18-16-22)37-20-23-9-3-2-4-10-23)33-31(36)38-21-29-27-13-7-5-11-25(27)26-12-6-8-14-28(26)29/h2-18,29H,19-21H2,1H3,(H,33,36)(H,34,35)/t32-/m1/s1. The third-order valence-electron chi connectivity index (χ3n) is 6.92. The van der Waals surface area contributed by atoms with E-state index in [0.29, 0.717) is 12.4 Å². The van der Waals surface area contributed by atoms with Crippen LogP contribution in [0.1, 0.15) is 35.1 Å². The largest absolute Gasteiger partial charge is 0.489 e. The highest BCUT2D eigenvalue weighted by Crippen LogP contribution is 2.44. The molecular formula is C32H29NO5. The second-order valence-electron chi connectivity index (χ2n) is 9.68. The number of hydrogen-bond acceptors (Lipinski definition) is 4. The molecule has 4 aromatic rings. The molecule has 1 aliphatic rings. The van der Waals surface area contributed by atoms with Gasteiger partial charge in [0.05, 0.1) is 0 Å². The second kappa shape index (κ2) is 10.8. The molecule has 0 aliphatic heterocycles. The molecule has 6 nitrogen and oxygen atoms in total. The molecule has 0 aromatic heterocycles. The smallest absolute Gasteiger partial charge is 0.408 e. The maximum Gasteiger partial charge on any atom is 0.408 e. The average Bonchev–Trinajstić information content (AvgIpc) is 3.25. The number of ether oxygens (including phenoxy) is 2. The Labute approximate surface area is 221 Å². The summed E-state index contributed by atoms with van der Waals surface area (Å²) < 4.78 is 11.4. The predicted molar refractivity (Wildman–Crippen MR) is 145 cm³/mol. The van der Waals surface area contributed by atoms with E-state index < -0.39 is 17.6 Å². The maximum absolute atomic E-state index is 12.8. The number of fused-ring (bicyclic) bond motifs is 3. The Hall–Kier alpha value is -4.58. The van der Waals surface area contributed by atoms with Crippen molar-refractivity contribution < 1.29 is 24.2 Å². The fraction of sp³-hybridized carbons (Fsp3) is 0.188. The fourth-order valence-electron chi connectivity index (χ4n) is 4.89. The summed E-state index contributed by atoms with van der Waals surface area (Å²) in [6.07, 6.45) is -0.675. The van der Waals surface area contributed by atoms with Gasteiger partial charge < -0.3 is 19.9 Å². The fourth-order valence-corrected chi connectivity index (χ4v) is 4.89. The van der Waals surface area contributed by atoms with Crippen LogP contribution in [0.4, 0.5) is 4.79 Å². The van der Waals surface area contributed by atoms with E-state index in [-0.39, 0.29) is 18.9 Å². The van der Waals surface area contributed by atoms with E-state index in [1.165, 1.54) is 6.92 Å². The van der Waals surface area contributed by atoms with Gasteiger partial charge in [-0.15, -0.1) is 0 Å². The van der Waals surface area contributed by atoms with Crippen LogP contribution in [-0.2, 0) is 22.6 Å². The molecule has 1 amide bonds. The van der Waals surface area contributed by atoms with E-state index in [4.69, 9.17) is 9.47 Å². The molecule has 2 N–H and O–H groups in total. The lowest BCUT2D eigenvalue weighted by atomic mass is 9.93. The normalized spacial score (nSPS) is 13.6. The average molecular weight is 508 g/mol. The number of carbonyl (C=O) groups is 2. The summed E-state index contributed by atoms with van der Waals surface area (Å²) in [5.74, 6) is -0.567. The van der Waals surface area contributed by atoms with Crippen LogP contribution in [0, 0.1) is 0 Å². The number of carbonyl (C=O) groups excluding carboxylic acids is 1.